The summed E-state index contributed by atoms with van der Waals surface area (Å²) in [6, 6.07) is 9.40. The number of aliphatic hydroxyl groups is 2. The van der Waals surface area contributed by atoms with Crippen molar-refractivity contribution in [1.29, 1.82) is 0 Å². The second-order valence-corrected chi connectivity index (χ2v) is 19.1. The van der Waals surface area contributed by atoms with Gasteiger partial charge in [-0.1, -0.05) is 0 Å². The average Bonchev–Trinajstić information content (AvgIpc) is 2.79. The zero-order valence-corrected chi connectivity index (χ0v) is 24.0. The van der Waals surface area contributed by atoms with Crippen molar-refractivity contribution in [3.8, 4) is 23.0 Å². The quantitative estimate of drug-likeness (QED) is 0.256. The number of phenols is 2. The van der Waals surface area contributed by atoms with Crippen LogP contribution in [-0.4, -0.2) is 51.3 Å². The highest BCUT2D eigenvalue weighted by Gasteiger charge is 2.32. The Morgan fingerprint density at radius 1 is 0.657 bits per heavy atom. The van der Waals surface area contributed by atoms with E-state index < -0.39 is 16.6 Å². The van der Waals surface area contributed by atoms with Crippen molar-refractivity contribution in [3.63, 3.8) is 0 Å². The molecule has 2 aromatic rings. The summed E-state index contributed by atoms with van der Waals surface area (Å²) in [4.78, 5) is 0. The monoisotopic (exact) mass is 522 g/mol. The lowest BCUT2D eigenvalue weighted by atomic mass is 10.1. The summed E-state index contributed by atoms with van der Waals surface area (Å²) in [6.07, 6.45) is 3.61. The molecular formula is C26H42O7Si2. The van der Waals surface area contributed by atoms with Crippen molar-refractivity contribution in [2.75, 3.05) is 14.2 Å². The number of methoxy groups -OCH3 is 2. The van der Waals surface area contributed by atoms with E-state index in [9.17, 15) is 20.4 Å². The van der Waals surface area contributed by atoms with E-state index in [4.69, 9.17) is 13.6 Å². The normalized spacial score (nSPS) is 12.1. The molecule has 0 spiro atoms. The van der Waals surface area contributed by atoms with E-state index in [0.29, 0.717) is 22.6 Å². The van der Waals surface area contributed by atoms with Crippen LogP contribution in [0.2, 0.25) is 38.3 Å². The zero-order valence-electron chi connectivity index (χ0n) is 22.0. The van der Waals surface area contributed by atoms with Crippen molar-refractivity contribution in [2.45, 2.75) is 77.2 Å². The fourth-order valence-electron chi connectivity index (χ4n) is 4.59. The topological polar surface area (TPSA) is 109 Å². The summed E-state index contributed by atoms with van der Waals surface area (Å²) in [6.45, 7) is 8.65. The maximum atomic E-state index is 10.1. The Morgan fingerprint density at radius 2 is 1.03 bits per heavy atom. The molecule has 0 aliphatic rings. The fraction of sp³-hybridized carbons (Fsp3) is 0.538. The number of hydrogen-bond acceptors (Lipinski definition) is 7. The van der Waals surface area contributed by atoms with Gasteiger partial charge in [0.25, 0.3) is 0 Å². The molecule has 2 aromatic carbocycles. The minimum Gasteiger partial charge on any atom is -0.504 e. The van der Waals surface area contributed by atoms with Crippen LogP contribution >= 0.6 is 0 Å². The molecule has 196 valence electrons. The molecule has 2 rings (SSSR count). The number of aryl methyl sites for hydroxylation is 2. The van der Waals surface area contributed by atoms with Crippen LogP contribution in [0, 0.1) is 0 Å². The number of rotatable bonds is 14. The molecule has 0 saturated carbocycles. The first-order valence-corrected chi connectivity index (χ1v) is 18.4. The molecule has 0 heterocycles. The molecule has 0 amide bonds. The van der Waals surface area contributed by atoms with Crippen molar-refractivity contribution in [2.24, 2.45) is 0 Å². The summed E-state index contributed by atoms with van der Waals surface area (Å²) >= 11 is 0. The van der Waals surface area contributed by atoms with Crippen LogP contribution in [0.25, 0.3) is 0 Å². The second kappa shape index (κ2) is 12.8. The van der Waals surface area contributed by atoms with Gasteiger partial charge in [0.05, 0.1) is 27.4 Å². The number of aromatic hydroxyl groups is 2. The standard InChI is InChI=1S/C26H42O7Si2/c1-31-23-15-19(13-21(17-27)25(23)29)9-7-11-34(3,4)33-35(5,6)12-8-10-20-14-22(18-28)26(30)24(16-20)32-2/h13-16,27-30H,7-12,17-18H2,1-6H3. The van der Waals surface area contributed by atoms with Crippen molar-refractivity contribution in [1.82, 2.24) is 0 Å². The highest BCUT2D eigenvalue weighted by Crippen LogP contribution is 2.34. The van der Waals surface area contributed by atoms with Gasteiger partial charge in [-0.05, 0) is 99.4 Å². The van der Waals surface area contributed by atoms with E-state index in [2.05, 4.69) is 26.2 Å². The van der Waals surface area contributed by atoms with E-state index in [0.717, 1.165) is 48.9 Å². The summed E-state index contributed by atoms with van der Waals surface area (Å²) in [5, 5.41) is 39.2. The number of aliphatic hydroxyl groups excluding tert-OH is 2. The molecule has 7 nitrogen and oxygen atoms in total. The molecule has 35 heavy (non-hydrogen) atoms. The first kappa shape index (κ1) is 29.2. The Hall–Kier alpha value is -2.05. The Morgan fingerprint density at radius 3 is 1.34 bits per heavy atom. The van der Waals surface area contributed by atoms with Crippen LogP contribution in [-0.2, 0) is 30.2 Å². The molecule has 0 aliphatic carbocycles. The smallest absolute Gasteiger partial charge is 0.173 e. The number of hydrogen-bond donors (Lipinski definition) is 4. The highest BCUT2D eigenvalue weighted by molar-refractivity contribution is 6.84. The summed E-state index contributed by atoms with van der Waals surface area (Å²) in [5.41, 5.74) is 3.05. The van der Waals surface area contributed by atoms with E-state index in [1.807, 2.05) is 24.3 Å². The Bertz CT molecular complexity index is 849. The molecule has 0 saturated heterocycles. The fourth-order valence-corrected chi connectivity index (χ4v) is 13.4. The van der Waals surface area contributed by atoms with Gasteiger partial charge < -0.3 is 34.0 Å². The lowest BCUT2D eigenvalue weighted by molar-refractivity contribution is 0.272. The highest BCUT2D eigenvalue weighted by atomic mass is 28.4. The third kappa shape index (κ3) is 8.54. The molecule has 0 fully saturated rings. The minimum absolute atomic E-state index is 0.00266. The maximum Gasteiger partial charge on any atom is 0.173 e. The van der Waals surface area contributed by atoms with Gasteiger partial charge in [0.2, 0.25) is 0 Å². The van der Waals surface area contributed by atoms with Crippen molar-refractivity contribution >= 4 is 16.6 Å². The molecule has 0 aromatic heterocycles. The Labute approximate surface area is 211 Å². The van der Waals surface area contributed by atoms with E-state index in [1.54, 1.807) is 0 Å². The van der Waals surface area contributed by atoms with Gasteiger partial charge >= 0.3 is 0 Å². The molecule has 9 heteroatoms. The molecule has 4 N–H and O–H groups in total. The molecule has 0 atom stereocenters. The van der Waals surface area contributed by atoms with E-state index in [-0.39, 0.29) is 24.7 Å². The lowest BCUT2D eigenvalue weighted by Crippen LogP contribution is -2.44. The van der Waals surface area contributed by atoms with Crippen LogP contribution in [0.1, 0.15) is 35.1 Å². The van der Waals surface area contributed by atoms with Gasteiger partial charge in [0.15, 0.2) is 39.6 Å². The van der Waals surface area contributed by atoms with Gasteiger partial charge in [-0.2, -0.15) is 0 Å². The third-order valence-corrected chi connectivity index (χ3v) is 13.8. The van der Waals surface area contributed by atoms with Crippen molar-refractivity contribution in [3.05, 3.63) is 46.5 Å². The van der Waals surface area contributed by atoms with Gasteiger partial charge in [0, 0.05) is 11.1 Å². The SMILES string of the molecule is COc1cc(CCC[Si](C)(C)O[Si](C)(C)CCCc2cc(CO)c(O)c(OC)c2)cc(CO)c1O. The maximum absolute atomic E-state index is 10.1. The Kier molecular flexibility index (Phi) is 10.7. The predicted octanol–water partition coefficient (Wildman–Crippen LogP) is 5.09. The minimum atomic E-state index is -1.87. The molecule has 0 aliphatic heterocycles. The van der Waals surface area contributed by atoms with Gasteiger partial charge in [-0.25, -0.2) is 0 Å². The first-order valence-electron chi connectivity index (χ1n) is 12.1. The van der Waals surface area contributed by atoms with E-state index in [1.165, 1.54) is 14.2 Å². The van der Waals surface area contributed by atoms with Crippen LogP contribution in [0.5, 0.6) is 23.0 Å². The first-order chi connectivity index (χ1) is 16.4. The average molecular weight is 523 g/mol. The molecule has 0 radical (unpaired) electrons. The Balaban J connectivity index is 1.90. The second-order valence-electron chi connectivity index (χ2n) is 10.3. The van der Waals surface area contributed by atoms with Gasteiger partial charge in [0.1, 0.15) is 0 Å². The summed E-state index contributed by atoms with van der Waals surface area (Å²) in [5.74, 6) is 0.793. The van der Waals surface area contributed by atoms with E-state index >= 15 is 0 Å². The largest absolute Gasteiger partial charge is 0.504 e. The molecular weight excluding hydrogens is 480 g/mol. The van der Waals surface area contributed by atoms with Crippen molar-refractivity contribution < 1.29 is 34.0 Å². The van der Waals surface area contributed by atoms with Crippen LogP contribution < -0.4 is 9.47 Å². The van der Waals surface area contributed by atoms with Crippen LogP contribution in [0.4, 0.5) is 0 Å². The predicted molar refractivity (Wildman–Crippen MR) is 143 cm³/mol. The van der Waals surface area contributed by atoms with Gasteiger partial charge in [-0.15, -0.1) is 0 Å². The number of benzene rings is 2. The van der Waals surface area contributed by atoms with Gasteiger partial charge in [-0.3, -0.25) is 0 Å². The third-order valence-electron chi connectivity index (χ3n) is 6.25. The molecule has 0 unspecified atom stereocenters. The zero-order chi connectivity index (χ0) is 26.2. The molecule has 0 bridgehead atoms. The number of ether oxygens (including phenoxy) is 2. The summed E-state index contributed by atoms with van der Waals surface area (Å²) in [7, 11) is -0.707. The summed E-state index contributed by atoms with van der Waals surface area (Å²) < 4.78 is 17.3. The lowest BCUT2D eigenvalue weighted by Gasteiger charge is -2.34. The van der Waals surface area contributed by atoms with Crippen LogP contribution in [0.3, 0.4) is 0 Å². The van der Waals surface area contributed by atoms with Crippen LogP contribution in [0.15, 0.2) is 24.3 Å².